The number of rotatable bonds is 9. The van der Waals surface area contributed by atoms with E-state index in [1.807, 2.05) is 16.7 Å². The summed E-state index contributed by atoms with van der Waals surface area (Å²) in [5.74, 6) is 1.14. The zero-order chi connectivity index (χ0) is 13.2. The summed E-state index contributed by atoms with van der Waals surface area (Å²) in [7, 11) is 0. The van der Waals surface area contributed by atoms with Crippen molar-refractivity contribution in [3.05, 3.63) is 0 Å². The molecule has 2 atom stereocenters. The first-order valence-electron chi connectivity index (χ1n) is 6.13. The molecule has 1 heterocycles. The molecule has 1 rings (SSSR count). The van der Waals surface area contributed by atoms with E-state index in [0.29, 0.717) is 19.3 Å². The SMILES string of the molecule is C=NCN(C=NCC=N)C1CCC(CCSC)O1. The van der Waals surface area contributed by atoms with Gasteiger partial charge in [-0.3, -0.25) is 9.98 Å². The summed E-state index contributed by atoms with van der Waals surface area (Å²) in [6, 6.07) is 0. The monoisotopic (exact) mass is 270 g/mol. The van der Waals surface area contributed by atoms with Crippen LogP contribution in [0.25, 0.3) is 0 Å². The topological polar surface area (TPSA) is 61.0 Å². The van der Waals surface area contributed by atoms with Crippen molar-refractivity contribution in [2.75, 3.05) is 25.2 Å². The Bertz CT molecular complexity index is 285. The number of ether oxygens (including phenoxy) is 1. The number of thioether (sulfide) groups is 1. The summed E-state index contributed by atoms with van der Waals surface area (Å²) >= 11 is 1.85. The number of nitrogens with one attached hydrogen (secondary N) is 1. The zero-order valence-electron chi connectivity index (χ0n) is 10.9. The van der Waals surface area contributed by atoms with E-state index in [1.165, 1.54) is 6.21 Å². The van der Waals surface area contributed by atoms with Gasteiger partial charge in [0.2, 0.25) is 0 Å². The largest absolute Gasteiger partial charge is 0.355 e. The summed E-state index contributed by atoms with van der Waals surface area (Å²) in [5, 5.41) is 6.94. The highest BCUT2D eigenvalue weighted by Gasteiger charge is 2.28. The Morgan fingerprint density at radius 1 is 1.56 bits per heavy atom. The quantitative estimate of drug-likeness (QED) is 0.514. The highest BCUT2D eigenvalue weighted by atomic mass is 32.2. The standard InChI is InChI=1S/C12H22N4OS/c1-14-9-16(10-15-7-6-13)12-4-3-11(17-12)5-8-18-2/h6,10-13H,1,3-5,7-9H2,2H3. The maximum atomic E-state index is 6.94. The van der Waals surface area contributed by atoms with E-state index in [2.05, 4.69) is 23.0 Å². The lowest BCUT2D eigenvalue weighted by atomic mass is 10.2. The average Bonchev–Trinajstić information content (AvgIpc) is 2.84. The van der Waals surface area contributed by atoms with E-state index >= 15 is 0 Å². The second kappa shape index (κ2) is 9.10. The molecule has 0 amide bonds. The molecule has 6 heteroatoms. The fraction of sp³-hybridized carbons (Fsp3) is 0.750. The van der Waals surface area contributed by atoms with E-state index in [4.69, 9.17) is 10.1 Å². The normalized spacial score (nSPS) is 23.4. The maximum absolute atomic E-state index is 6.94. The van der Waals surface area contributed by atoms with Crippen LogP contribution in [-0.2, 0) is 4.74 Å². The molecule has 2 unspecified atom stereocenters. The summed E-state index contributed by atoms with van der Waals surface area (Å²) in [6.45, 7) is 4.40. The van der Waals surface area contributed by atoms with Gasteiger partial charge in [-0.05, 0) is 38.0 Å². The van der Waals surface area contributed by atoms with Crippen LogP contribution in [0, 0.1) is 5.41 Å². The van der Waals surface area contributed by atoms with Gasteiger partial charge in [0.15, 0.2) is 0 Å². The molecular weight excluding hydrogens is 248 g/mol. The molecule has 0 aromatic heterocycles. The molecule has 1 fully saturated rings. The fourth-order valence-corrected chi connectivity index (χ4v) is 2.41. The van der Waals surface area contributed by atoms with Gasteiger partial charge in [0.25, 0.3) is 0 Å². The number of hydrogen-bond donors (Lipinski definition) is 1. The molecular formula is C12H22N4OS. The molecule has 5 nitrogen and oxygen atoms in total. The molecule has 0 saturated carbocycles. The van der Waals surface area contributed by atoms with Gasteiger partial charge in [-0.15, -0.1) is 0 Å². The van der Waals surface area contributed by atoms with Crippen molar-refractivity contribution in [3.8, 4) is 0 Å². The van der Waals surface area contributed by atoms with E-state index < -0.39 is 0 Å². The molecule has 0 aliphatic carbocycles. The molecule has 1 aliphatic heterocycles. The van der Waals surface area contributed by atoms with Gasteiger partial charge in [-0.1, -0.05) is 0 Å². The zero-order valence-corrected chi connectivity index (χ0v) is 11.7. The van der Waals surface area contributed by atoms with Crippen molar-refractivity contribution in [3.63, 3.8) is 0 Å². The van der Waals surface area contributed by atoms with Crippen molar-refractivity contribution in [2.45, 2.75) is 31.6 Å². The van der Waals surface area contributed by atoms with Gasteiger partial charge < -0.3 is 15.0 Å². The van der Waals surface area contributed by atoms with Crippen LogP contribution in [0.3, 0.4) is 0 Å². The van der Waals surface area contributed by atoms with E-state index in [-0.39, 0.29) is 6.23 Å². The van der Waals surface area contributed by atoms with Crippen LogP contribution in [0.5, 0.6) is 0 Å². The van der Waals surface area contributed by atoms with Gasteiger partial charge >= 0.3 is 0 Å². The van der Waals surface area contributed by atoms with Gasteiger partial charge in [-0.25, -0.2) is 0 Å². The molecule has 0 aromatic carbocycles. The van der Waals surface area contributed by atoms with E-state index in [1.54, 1.807) is 6.34 Å². The molecule has 0 spiro atoms. The van der Waals surface area contributed by atoms with Crippen LogP contribution in [0.4, 0.5) is 0 Å². The molecule has 1 aliphatic rings. The fourth-order valence-electron chi connectivity index (χ4n) is 1.91. The molecule has 0 aromatic rings. The molecule has 1 saturated heterocycles. The molecule has 0 radical (unpaired) electrons. The predicted molar refractivity (Wildman–Crippen MR) is 79.3 cm³/mol. The van der Waals surface area contributed by atoms with Crippen molar-refractivity contribution in [1.29, 1.82) is 5.41 Å². The molecule has 18 heavy (non-hydrogen) atoms. The summed E-state index contributed by atoms with van der Waals surface area (Å²) in [6.07, 6.45) is 8.72. The maximum Gasteiger partial charge on any atom is 0.132 e. The van der Waals surface area contributed by atoms with Crippen LogP contribution in [0.15, 0.2) is 9.98 Å². The third-order valence-corrected chi connectivity index (χ3v) is 3.43. The van der Waals surface area contributed by atoms with E-state index in [9.17, 15) is 0 Å². The Labute approximate surface area is 113 Å². The Balaban J connectivity index is 2.43. The van der Waals surface area contributed by atoms with Crippen molar-refractivity contribution in [2.24, 2.45) is 9.98 Å². The summed E-state index contributed by atoms with van der Waals surface area (Å²) in [4.78, 5) is 9.97. The minimum atomic E-state index is 0.0526. The first kappa shape index (κ1) is 15.2. The first-order valence-corrected chi connectivity index (χ1v) is 7.52. The summed E-state index contributed by atoms with van der Waals surface area (Å²) < 4.78 is 5.99. The number of nitrogens with zero attached hydrogens (tertiary/aromatic N) is 3. The highest BCUT2D eigenvalue weighted by Crippen LogP contribution is 2.24. The smallest absolute Gasteiger partial charge is 0.132 e. The third-order valence-electron chi connectivity index (χ3n) is 2.79. The minimum Gasteiger partial charge on any atom is -0.355 e. The van der Waals surface area contributed by atoms with Gasteiger partial charge in [0.1, 0.15) is 12.9 Å². The third kappa shape index (κ3) is 5.18. The molecule has 1 N–H and O–H groups in total. The second-order valence-corrected chi connectivity index (χ2v) is 5.12. The molecule has 102 valence electrons. The lowest BCUT2D eigenvalue weighted by Crippen LogP contribution is -2.34. The average molecular weight is 270 g/mol. The lowest BCUT2D eigenvalue weighted by molar-refractivity contribution is -0.0207. The minimum absolute atomic E-state index is 0.0526. The van der Waals surface area contributed by atoms with Crippen LogP contribution < -0.4 is 0 Å². The first-order chi connectivity index (χ1) is 8.81. The number of aliphatic imine (C=N–C) groups is 2. The number of hydrogen-bond acceptors (Lipinski definition) is 5. The van der Waals surface area contributed by atoms with Gasteiger partial charge in [0.05, 0.1) is 19.0 Å². The van der Waals surface area contributed by atoms with Crippen molar-refractivity contribution >= 4 is 31.0 Å². The van der Waals surface area contributed by atoms with Crippen molar-refractivity contribution in [1.82, 2.24) is 4.90 Å². The second-order valence-electron chi connectivity index (χ2n) is 4.14. The Hall–Kier alpha value is -0.880. The van der Waals surface area contributed by atoms with Gasteiger partial charge in [0, 0.05) is 6.21 Å². The lowest BCUT2D eigenvalue weighted by Gasteiger charge is -2.24. The predicted octanol–water partition coefficient (Wildman–Crippen LogP) is 1.88. The Morgan fingerprint density at radius 3 is 3.06 bits per heavy atom. The van der Waals surface area contributed by atoms with Gasteiger partial charge in [-0.2, -0.15) is 11.8 Å². The Morgan fingerprint density at radius 2 is 2.39 bits per heavy atom. The highest BCUT2D eigenvalue weighted by molar-refractivity contribution is 7.98. The summed E-state index contributed by atoms with van der Waals surface area (Å²) in [5.41, 5.74) is 0. The van der Waals surface area contributed by atoms with Crippen LogP contribution in [-0.4, -0.2) is 61.7 Å². The van der Waals surface area contributed by atoms with Crippen LogP contribution in [0.2, 0.25) is 0 Å². The van der Waals surface area contributed by atoms with Crippen LogP contribution >= 0.6 is 11.8 Å². The molecule has 0 bridgehead atoms. The van der Waals surface area contributed by atoms with Crippen LogP contribution in [0.1, 0.15) is 19.3 Å². The van der Waals surface area contributed by atoms with E-state index in [0.717, 1.165) is 25.0 Å². The van der Waals surface area contributed by atoms with Crippen molar-refractivity contribution < 1.29 is 4.74 Å². The Kier molecular flexibility index (Phi) is 7.68.